The van der Waals surface area contributed by atoms with Crippen LogP contribution in [0.2, 0.25) is 0 Å². The Hall–Kier alpha value is -2.41. The van der Waals surface area contributed by atoms with Crippen molar-refractivity contribution in [1.82, 2.24) is 10.2 Å². The predicted molar refractivity (Wildman–Crippen MR) is 96.4 cm³/mol. The smallest absolute Gasteiger partial charge is 0.326 e. The highest BCUT2D eigenvalue weighted by molar-refractivity contribution is 6.09. The van der Waals surface area contributed by atoms with E-state index < -0.39 is 29.4 Å². The molecule has 0 aromatic heterocycles. The molecule has 3 rings (SSSR count). The molecule has 7 heteroatoms. The number of nitrogens with one attached hydrogen (secondary N) is 1. The quantitative estimate of drug-likeness (QED) is 0.637. The molecule has 2 heterocycles. The van der Waals surface area contributed by atoms with E-state index in [1.165, 1.54) is 7.05 Å². The normalized spacial score (nSPS) is 30.5. The number of hydrogen-bond donors (Lipinski definition) is 1. The van der Waals surface area contributed by atoms with Gasteiger partial charge in [0, 0.05) is 32.9 Å². The molecule has 4 atom stereocenters. The second-order valence-electron chi connectivity index (χ2n) is 7.27. The summed E-state index contributed by atoms with van der Waals surface area (Å²) in [5, 5.41) is 3.24. The Kier molecular flexibility index (Phi) is 4.52. The minimum Gasteiger partial charge on any atom is -0.465 e. The van der Waals surface area contributed by atoms with Crippen LogP contribution < -0.4 is 10.2 Å². The summed E-state index contributed by atoms with van der Waals surface area (Å²) < 4.78 is 5.20. The molecule has 0 saturated carbocycles. The van der Waals surface area contributed by atoms with E-state index in [-0.39, 0.29) is 18.4 Å². The molecule has 0 radical (unpaired) electrons. The van der Waals surface area contributed by atoms with Crippen molar-refractivity contribution < 1.29 is 19.1 Å². The summed E-state index contributed by atoms with van der Waals surface area (Å²) >= 11 is 0. The number of likely N-dealkylation sites (tertiary alicyclic amines) is 1. The fraction of sp³-hybridized carbons (Fsp3) is 0.526. The average molecular weight is 359 g/mol. The molecule has 2 aliphatic heterocycles. The number of imide groups is 1. The van der Waals surface area contributed by atoms with Crippen LogP contribution in [0.15, 0.2) is 24.3 Å². The molecule has 1 aromatic carbocycles. The minimum atomic E-state index is -1.23. The van der Waals surface area contributed by atoms with Crippen molar-refractivity contribution in [2.45, 2.75) is 25.4 Å². The van der Waals surface area contributed by atoms with Gasteiger partial charge in [-0.1, -0.05) is 12.1 Å². The molecule has 0 spiro atoms. The molecule has 1 aromatic rings. The van der Waals surface area contributed by atoms with Crippen LogP contribution in [-0.2, 0) is 19.1 Å². The number of amides is 2. The first-order valence-electron chi connectivity index (χ1n) is 8.76. The van der Waals surface area contributed by atoms with Gasteiger partial charge in [-0.25, -0.2) is 0 Å². The van der Waals surface area contributed by atoms with Crippen LogP contribution in [0.4, 0.5) is 5.69 Å². The maximum absolute atomic E-state index is 12.7. The molecule has 2 saturated heterocycles. The summed E-state index contributed by atoms with van der Waals surface area (Å²) in [6.07, 6.45) is 0. The maximum Gasteiger partial charge on any atom is 0.326 e. The molecule has 0 unspecified atom stereocenters. The predicted octanol–water partition coefficient (Wildman–Crippen LogP) is 0.950. The van der Waals surface area contributed by atoms with E-state index in [1.807, 2.05) is 43.3 Å². The van der Waals surface area contributed by atoms with Crippen LogP contribution in [0.3, 0.4) is 0 Å². The third kappa shape index (κ3) is 2.58. The monoisotopic (exact) mass is 359 g/mol. The number of nitrogens with zero attached hydrogens (tertiary/aromatic N) is 2. The van der Waals surface area contributed by atoms with Gasteiger partial charge in [-0.15, -0.1) is 0 Å². The number of hydrogen-bond acceptors (Lipinski definition) is 6. The van der Waals surface area contributed by atoms with E-state index in [1.54, 1.807) is 13.8 Å². The average Bonchev–Trinajstić information content (AvgIpc) is 3.05. The molecule has 1 N–H and O–H groups in total. The Morgan fingerprint density at radius 3 is 2.38 bits per heavy atom. The molecule has 2 aliphatic rings. The zero-order valence-electron chi connectivity index (χ0n) is 15.8. The van der Waals surface area contributed by atoms with E-state index in [0.717, 1.165) is 16.2 Å². The number of anilines is 1. The van der Waals surface area contributed by atoms with Crippen molar-refractivity contribution >= 4 is 23.5 Å². The third-order valence-electron chi connectivity index (χ3n) is 5.48. The van der Waals surface area contributed by atoms with E-state index in [9.17, 15) is 14.4 Å². The molecular weight excluding hydrogens is 334 g/mol. The first-order chi connectivity index (χ1) is 12.2. The summed E-state index contributed by atoms with van der Waals surface area (Å²) in [7, 11) is 5.37. The van der Waals surface area contributed by atoms with Crippen LogP contribution in [0.25, 0.3) is 0 Å². The van der Waals surface area contributed by atoms with Crippen LogP contribution in [0.1, 0.15) is 25.5 Å². The highest BCUT2D eigenvalue weighted by Gasteiger charge is 2.66. The lowest BCUT2D eigenvalue weighted by atomic mass is 9.80. The lowest BCUT2D eigenvalue weighted by molar-refractivity contribution is -0.155. The molecular formula is C19H25N3O4. The van der Waals surface area contributed by atoms with Gasteiger partial charge in [-0.2, -0.15) is 0 Å². The second kappa shape index (κ2) is 6.39. The highest BCUT2D eigenvalue weighted by atomic mass is 16.5. The van der Waals surface area contributed by atoms with Crippen LogP contribution in [-0.4, -0.2) is 56.0 Å². The second-order valence-corrected chi connectivity index (χ2v) is 7.27. The summed E-state index contributed by atoms with van der Waals surface area (Å²) in [6.45, 7) is 3.59. The summed E-state index contributed by atoms with van der Waals surface area (Å²) in [4.78, 5) is 41.2. The van der Waals surface area contributed by atoms with Gasteiger partial charge in [0.05, 0.1) is 18.4 Å². The molecule has 7 nitrogen and oxygen atoms in total. The number of fused-ring (bicyclic) bond motifs is 1. The standard InChI is InChI=1S/C19H25N3O4/c1-6-26-18(25)19(2)14-13(16(23)22(5)17(14)24)15(20-19)11-7-9-12(10-8-11)21(3)4/h7-10,13-15,20H,6H2,1-5H3/t13-,14-,15-,19-/m1/s1. The Labute approximate surface area is 153 Å². The van der Waals surface area contributed by atoms with Gasteiger partial charge in [-0.3, -0.25) is 24.6 Å². The number of esters is 1. The molecule has 0 bridgehead atoms. The lowest BCUT2D eigenvalue weighted by Gasteiger charge is -2.28. The molecule has 0 aliphatic carbocycles. The van der Waals surface area contributed by atoms with Crippen LogP contribution in [0.5, 0.6) is 0 Å². The Morgan fingerprint density at radius 1 is 1.23 bits per heavy atom. The molecule has 26 heavy (non-hydrogen) atoms. The fourth-order valence-electron chi connectivity index (χ4n) is 4.02. The minimum absolute atomic E-state index is 0.216. The van der Waals surface area contributed by atoms with E-state index in [0.29, 0.717) is 0 Å². The lowest BCUT2D eigenvalue weighted by Crippen LogP contribution is -2.53. The largest absolute Gasteiger partial charge is 0.465 e. The zero-order chi connectivity index (χ0) is 19.2. The maximum atomic E-state index is 12.7. The van der Waals surface area contributed by atoms with Crippen molar-refractivity contribution in [2.24, 2.45) is 11.8 Å². The van der Waals surface area contributed by atoms with Crippen molar-refractivity contribution in [3.63, 3.8) is 0 Å². The summed E-state index contributed by atoms with van der Waals surface area (Å²) in [5.74, 6) is -2.48. The Morgan fingerprint density at radius 2 is 1.85 bits per heavy atom. The first-order valence-corrected chi connectivity index (χ1v) is 8.76. The number of rotatable bonds is 4. The molecule has 140 valence electrons. The molecule has 2 fully saturated rings. The van der Waals surface area contributed by atoms with Gasteiger partial charge in [0.1, 0.15) is 5.54 Å². The van der Waals surface area contributed by atoms with Gasteiger partial charge in [0.2, 0.25) is 11.8 Å². The fourth-order valence-corrected chi connectivity index (χ4v) is 4.02. The highest BCUT2D eigenvalue weighted by Crippen LogP contribution is 2.48. The summed E-state index contributed by atoms with van der Waals surface area (Å²) in [6, 6.07) is 7.34. The zero-order valence-corrected chi connectivity index (χ0v) is 15.8. The van der Waals surface area contributed by atoms with Crippen molar-refractivity contribution in [1.29, 1.82) is 0 Å². The number of ether oxygens (including phenoxy) is 1. The van der Waals surface area contributed by atoms with Crippen molar-refractivity contribution in [2.75, 3.05) is 32.6 Å². The van der Waals surface area contributed by atoms with Gasteiger partial charge >= 0.3 is 5.97 Å². The first kappa shape index (κ1) is 18.4. The van der Waals surface area contributed by atoms with Gasteiger partial charge in [-0.05, 0) is 31.5 Å². The Balaban J connectivity index is 2.02. The third-order valence-corrected chi connectivity index (χ3v) is 5.48. The van der Waals surface area contributed by atoms with Crippen molar-refractivity contribution in [3.8, 4) is 0 Å². The Bertz CT molecular complexity index is 746. The van der Waals surface area contributed by atoms with Crippen LogP contribution >= 0.6 is 0 Å². The van der Waals surface area contributed by atoms with E-state index in [2.05, 4.69) is 5.32 Å². The SMILES string of the molecule is CCOC(=O)[C@]1(C)N[C@H](c2ccc(N(C)C)cc2)[C@@H]2C(=O)N(C)C(=O)[C@@H]21. The van der Waals surface area contributed by atoms with Gasteiger partial charge in [0.25, 0.3) is 0 Å². The van der Waals surface area contributed by atoms with Crippen LogP contribution in [0, 0.1) is 11.8 Å². The van der Waals surface area contributed by atoms with Gasteiger partial charge < -0.3 is 9.64 Å². The number of carbonyl (C=O) groups is 3. The summed E-state index contributed by atoms with van der Waals surface area (Å²) in [5.41, 5.74) is 0.667. The van der Waals surface area contributed by atoms with E-state index in [4.69, 9.17) is 4.74 Å². The number of benzene rings is 1. The topological polar surface area (TPSA) is 79.0 Å². The van der Waals surface area contributed by atoms with Gasteiger partial charge in [0.15, 0.2) is 0 Å². The molecule has 2 amide bonds. The van der Waals surface area contributed by atoms with Crippen molar-refractivity contribution in [3.05, 3.63) is 29.8 Å². The number of carbonyl (C=O) groups excluding carboxylic acids is 3. The van der Waals surface area contributed by atoms with E-state index >= 15 is 0 Å².